The standard InChI is InChI=1S/C26H23Cl2NO3/c1-15-10-17(3)19(11-16(15)2)24(30)13-26(32)20-6-4-5-7-23(20)29(25(26)31)14-18-8-9-21(27)22(28)12-18/h4-12,32H,13-14H2,1-3H3. The lowest BCUT2D eigenvalue weighted by atomic mass is 9.86. The molecule has 1 atom stereocenters. The Balaban J connectivity index is 1.69. The SMILES string of the molecule is Cc1cc(C)c(C(=O)CC2(O)C(=O)N(Cc3ccc(Cl)c(Cl)c3)c3ccccc32)cc1C. The van der Waals surface area contributed by atoms with Crippen molar-refractivity contribution in [2.24, 2.45) is 0 Å². The van der Waals surface area contributed by atoms with Crippen molar-refractivity contribution in [1.29, 1.82) is 0 Å². The molecule has 6 heteroatoms. The second kappa shape index (κ2) is 8.36. The largest absolute Gasteiger partial charge is 0.375 e. The molecule has 0 radical (unpaired) electrons. The first-order valence-electron chi connectivity index (χ1n) is 10.3. The van der Waals surface area contributed by atoms with Crippen LogP contribution in [-0.4, -0.2) is 16.8 Å². The Morgan fingerprint density at radius 3 is 2.34 bits per heavy atom. The number of para-hydroxylation sites is 1. The van der Waals surface area contributed by atoms with Gasteiger partial charge in [-0.25, -0.2) is 0 Å². The molecule has 1 unspecified atom stereocenters. The number of carbonyl (C=O) groups excluding carboxylic acids is 2. The van der Waals surface area contributed by atoms with E-state index in [4.69, 9.17) is 23.2 Å². The maximum atomic E-state index is 13.5. The predicted octanol–water partition coefficient (Wildman–Crippen LogP) is 5.93. The van der Waals surface area contributed by atoms with Crippen LogP contribution in [0.5, 0.6) is 0 Å². The quantitative estimate of drug-likeness (QED) is 0.473. The van der Waals surface area contributed by atoms with Gasteiger partial charge in [-0.2, -0.15) is 0 Å². The third-order valence-electron chi connectivity index (χ3n) is 6.12. The van der Waals surface area contributed by atoms with Crippen LogP contribution in [0.4, 0.5) is 5.69 Å². The highest BCUT2D eigenvalue weighted by Crippen LogP contribution is 2.44. The lowest BCUT2D eigenvalue weighted by Gasteiger charge is -2.23. The molecule has 1 aliphatic rings. The summed E-state index contributed by atoms with van der Waals surface area (Å²) in [4.78, 5) is 28.2. The first-order valence-corrected chi connectivity index (χ1v) is 11.1. The summed E-state index contributed by atoms with van der Waals surface area (Å²) < 4.78 is 0. The van der Waals surface area contributed by atoms with Gasteiger partial charge in [0.25, 0.3) is 5.91 Å². The van der Waals surface area contributed by atoms with E-state index in [1.54, 1.807) is 42.5 Å². The number of amides is 1. The second-order valence-corrected chi connectivity index (χ2v) is 9.18. The summed E-state index contributed by atoms with van der Waals surface area (Å²) in [6.45, 7) is 5.99. The minimum absolute atomic E-state index is 0.200. The van der Waals surface area contributed by atoms with E-state index >= 15 is 0 Å². The molecule has 0 saturated heterocycles. The van der Waals surface area contributed by atoms with Crippen LogP contribution in [0, 0.1) is 20.8 Å². The summed E-state index contributed by atoms with van der Waals surface area (Å²) in [7, 11) is 0. The van der Waals surface area contributed by atoms with Crippen LogP contribution >= 0.6 is 23.2 Å². The number of carbonyl (C=O) groups is 2. The van der Waals surface area contributed by atoms with Gasteiger partial charge < -0.3 is 10.0 Å². The summed E-state index contributed by atoms with van der Waals surface area (Å²) in [5, 5.41) is 12.4. The molecule has 3 aromatic rings. The monoisotopic (exact) mass is 467 g/mol. The van der Waals surface area contributed by atoms with Crippen LogP contribution in [0.15, 0.2) is 54.6 Å². The Morgan fingerprint density at radius 2 is 1.62 bits per heavy atom. The van der Waals surface area contributed by atoms with Gasteiger partial charge in [0.15, 0.2) is 11.4 Å². The molecule has 164 valence electrons. The summed E-state index contributed by atoms with van der Waals surface area (Å²) in [6, 6.07) is 16.0. The Bertz CT molecular complexity index is 1250. The fraction of sp³-hybridized carbons (Fsp3) is 0.231. The minimum Gasteiger partial charge on any atom is -0.375 e. The van der Waals surface area contributed by atoms with E-state index in [1.807, 2.05) is 32.9 Å². The van der Waals surface area contributed by atoms with Crippen LogP contribution in [0.2, 0.25) is 10.0 Å². The topological polar surface area (TPSA) is 57.6 Å². The molecule has 0 aromatic heterocycles. The van der Waals surface area contributed by atoms with Gasteiger partial charge in [-0.3, -0.25) is 9.59 Å². The van der Waals surface area contributed by atoms with Crippen molar-refractivity contribution in [2.75, 3.05) is 4.90 Å². The fourth-order valence-electron chi connectivity index (χ4n) is 4.24. The molecule has 1 amide bonds. The van der Waals surface area contributed by atoms with Crippen LogP contribution < -0.4 is 4.90 Å². The van der Waals surface area contributed by atoms with E-state index < -0.39 is 11.5 Å². The maximum absolute atomic E-state index is 13.5. The van der Waals surface area contributed by atoms with Gasteiger partial charge >= 0.3 is 0 Å². The maximum Gasteiger partial charge on any atom is 0.264 e. The second-order valence-electron chi connectivity index (χ2n) is 8.37. The molecule has 0 fully saturated rings. The fourth-order valence-corrected chi connectivity index (χ4v) is 4.56. The molecule has 1 aliphatic heterocycles. The number of anilines is 1. The molecule has 1 heterocycles. The number of aliphatic hydroxyl groups is 1. The molecule has 1 N–H and O–H groups in total. The van der Waals surface area contributed by atoms with Crippen molar-refractivity contribution < 1.29 is 14.7 Å². The van der Waals surface area contributed by atoms with Crippen molar-refractivity contribution in [3.63, 3.8) is 0 Å². The Kier molecular flexibility index (Phi) is 5.89. The van der Waals surface area contributed by atoms with Gasteiger partial charge in [0.2, 0.25) is 0 Å². The molecule has 0 saturated carbocycles. The average molecular weight is 468 g/mol. The normalized spacial score (nSPS) is 17.6. The Labute approximate surface area is 197 Å². The number of halogens is 2. The minimum atomic E-state index is -1.94. The lowest BCUT2D eigenvalue weighted by Crippen LogP contribution is -2.41. The number of aryl methyl sites for hydroxylation is 3. The van der Waals surface area contributed by atoms with E-state index in [1.165, 1.54) is 4.90 Å². The van der Waals surface area contributed by atoms with E-state index in [2.05, 4.69) is 0 Å². The van der Waals surface area contributed by atoms with Gasteiger partial charge in [-0.1, -0.05) is 53.5 Å². The lowest BCUT2D eigenvalue weighted by molar-refractivity contribution is -0.136. The molecule has 0 spiro atoms. The van der Waals surface area contributed by atoms with E-state index in [9.17, 15) is 14.7 Å². The number of hydrogen-bond acceptors (Lipinski definition) is 3. The zero-order valence-electron chi connectivity index (χ0n) is 18.1. The van der Waals surface area contributed by atoms with Crippen LogP contribution in [-0.2, 0) is 16.9 Å². The number of nitrogens with zero attached hydrogens (tertiary/aromatic N) is 1. The first kappa shape index (κ1) is 22.5. The van der Waals surface area contributed by atoms with Crippen LogP contribution in [0.3, 0.4) is 0 Å². The molecule has 0 aliphatic carbocycles. The van der Waals surface area contributed by atoms with Crippen molar-refractivity contribution >= 4 is 40.6 Å². The predicted molar refractivity (Wildman–Crippen MR) is 128 cm³/mol. The van der Waals surface area contributed by atoms with Crippen molar-refractivity contribution in [2.45, 2.75) is 39.3 Å². The highest BCUT2D eigenvalue weighted by atomic mass is 35.5. The number of hydrogen-bond donors (Lipinski definition) is 1. The summed E-state index contributed by atoms with van der Waals surface area (Å²) >= 11 is 12.1. The third kappa shape index (κ3) is 3.83. The average Bonchev–Trinajstić information content (AvgIpc) is 2.95. The highest BCUT2D eigenvalue weighted by molar-refractivity contribution is 6.42. The smallest absolute Gasteiger partial charge is 0.264 e. The van der Waals surface area contributed by atoms with Crippen molar-refractivity contribution in [3.05, 3.63) is 98.0 Å². The van der Waals surface area contributed by atoms with Gasteiger partial charge in [0.1, 0.15) is 0 Å². The molecular formula is C26H23Cl2NO3. The van der Waals surface area contributed by atoms with E-state index in [0.717, 1.165) is 22.3 Å². The van der Waals surface area contributed by atoms with Gasteiger partial charge in [0, 0.05) is 11.1 Å². The number of ketones is 1. The van der Waals surface area contributed by atoms with Crippen LogP contribution in [0.25, 0.3) is 0 Å². The Hall–Kier alpha value is -2.66. The molecule has 0 bridgehead atoms. The molecule has 4 nitrogen and oxygen atoms in total. The Morgan fingerprint density at radius 1 is 0.938 bits per heavy atom. The van der Waals surface area contributed by atoms with Gasteiger partial charge in [-0.05, 0) is 67.3 Å². The van der Waals surface area contributed by atoms with E-state index in [-0.39, 0.29) is 18.7 Å². The van der Waals surface area contributed by atoms with Crippen LogP contribution in [0.1, 0.15) is 44.6 Å². The van der Waals surface area contributed by atoms with Gasteiger partial charge in [0.05, 0.1) is 28.7 Å². The van der Waals surface area contributed by atoms with Gasteiger partial charge in [-0.15, -0.1) is 0 Å². The van der Waals surface area contributed by atoms with Crippen molar-refractivity contribution in [1.82, 2.24) is 0 Å². The zero-order valence-corrected chi connectivity index (χ0v) is 19.6. The number of Topliss-reactive ketones (excluding diaryl/α,β-unsaturated/α-hetero) is 1. The third-order valence-corrected chi connectivity index (χ3v) is 6.86. The molecular weight excluding hydrogens is 445 g/mol. The number of rotatable bonds is 5. The number of benzene rings is 3. The molecule has 3 aromatic carbocycles. The number of fused-ring (bicyclic) bond motifs is 1. The molecule has 4 rings (SSSR count). The van der Waals surface area contributed by atoms with Crippen molar-refractivity contribution in [3.8, 4) is 0 Å². The van der Waals surface area contributed by atoms with E-state index in [0.29, 0.717) is 26.9 Å². The summed E-state index contributed by atoms with van der Waals surface area (Å²) in [5.74, 6) is -0.799. The zero-order chi connectivity index (χ0) is 23.2. The first-order chi connectivity index (χ1) is 15.1. The highest BCUT2D eigenvalue weighted by Gasteiger charge is 2.50. The summed E-state index contributed by atoms with van der Waals surface area (Å²) in [6.07, 6.45) is -0.329. The molecule has 32 heavy (non-hydrogen) atoms. The summed E-state index contributed by atoms with van der Waals surface area (Å²) in [5.41, 5.74) is 3.27.